The van der Waals surface area contributed by atoms with E-state index in [2.05, 4.69) is 4.98 Å². The minimum Gasteiger partial charge on any atom is -0.411 e. The maximum Gasteiger partial charge on any atom is 0.282 e. The Balaban J connectivity index is 2.00. The zero-order valence-corrected chi connectivity index (χ0v) is 9.44. The number of aromatic nitrogens is 1. The van der Waals surface area contributed by atoms with Gasteiger partial charge in [0.1, 0.15) is 0 Å². The maximum absolute atomic E-state index is 12.8. The summed E-state index contributed by atoms with van der Waals surface area (Å²) in [5, 5.41) is 0.715. The fraction of sp³-hybridized carbons (Fsp3) is 0.250. The fourth-order valence-electron chi connectivity index (χ4n) is 2.10. The lowest BCUT2D eigenvalue weighted by Gasteiger charge is -2.40. The van der Waals surface area contributed by atoms with Crippen LogP contribution < -0.4 is 15.6 Å². The summed E-state index contributed by atoms with van der Waals surface area (Å²) >= 11 is 0. The normalized spacial score (nSPS) is 17.6. The smallest absolute Gasteiger partial charge is 0.282 e. The van der Waals surface area contributed by atoms with Crippen molar-refractivity contribution in [2.75, 3.05) is 18.0 Å². The van der Waals surface area contributed by atoms with Crippen LogP contribution in [0.25, 0.3) is 10.9 Å². The van der Waals surface area contributed by atoms with Gasteiger partial charge in [0.2, 0.25) is 0 Å². The quantitative estimate of drug-likeness (QED) is 0.829. The Morgan fingerprint density at radius 1 is 1.28 bits per heavy atom. The molecule has 0 saturated carbocycles. The molecule has 0 radical (unpaired) electrons. The van der Waals surface area contributed by atoms with Gasteiger partial charge in [-0.2, -0.15) is 5.90 Å². The molecular formula is C12H11F2N3O. The monoisotopic (exact) mass is 251 g/mol. The summed E-state index contributed by atoms with van der Waals surface area (Å²) in [6, 6.07) is 6.94. The lowest BCUT2D eigenvalue weighted by molar-refractivity contribution is -0.0262. The lowest BCUT2D eigenvalue weighted by atomic mass is 10.1. The standard InChI is InChI=1S/C12H11F2N3O/c13-12(14)6-17(7-12)8-1-2-10-9(5-8)11(18-15)3-4-16-10/h1-5H,6-7,15H2. The summed E-state index contributed by atoms with van der Waals surface area (Å²) in [5.74, 6) is 3.06. The summed E-state index contributed by atoms with van der Waals surface area (Å²) in [7, 11) is 0. The number of anilines is 1. The summed E-state index contributed by atoms with van der Waals surface area (Å²) in [5.41, 5.74) is 1.44. The molecule has 3 rings (SSSR count). The van der Waals surface area contributed by atoms with Gasteiger partial charge in [0, 0.05) is 23.3 Å². The minimum absolute atomic E-state index is 0.252. The molecule has 4 nitrogen and oxygen atoms in total. The molecule has 1 saturated heterocycles. The zero-order chi connectivity index (χ0) is 12.8. The van der Waals surface area contributed by atoms with E-state index in [4.69, 9.17) is 10.7 Å². The van der Waals surface area contributed by atoms with Crippen LogP contribution in [0.3, 0.4) is 0 Å². The van der Waals surface area contributed by atoms with Gasteiger partial charge in [-0.05, 0) is 18.2 Å². The molecule has 0 amide bonds. The minimum atomic E-state index is -2.59. The first-order valence-corrected chi connectivity index (χ1v) is 5.47. The average Bonchev–Trinajstić information content (AvgIpc) is 2.34. The topological polar surface area (TPSA) is 51.4 Å². The van der Waals surface area contributed by atoms with Gasteiger partial charge in [0.15, 0.2) is 5.75 Å². The lowest BCUT2D eigenvalue weighted by Crippen LogP contribution is -2.56. The number of alkyl halides is 2. The van der Waals surface area contributed by atoms with Gasteiger partial charge in [0.05, 0.1) is 18.6 Å². The molecule has 0 aliphatic carbocycles. The molecule has 94 valence electrons. The molecule has 2 heterocycles. The molecule has 18 heavy (non-hydrogen) atoms. The van der Waals surface area contributed by atoms with E-state index in [1.165, 1.54) is 0 Å². The van der Waals surface area contributed by atoms with Crippen LogP contribution in [-0.4, -0.2) is 24.0 Å². The molecular weight excluding hydrogens is 240 g/mol. The Morgan fingerprint density at radius 3 is 2.72 bits per heavy atom. The van der Waals surface area contributed by atoms with E-state index in [9.17, 15) is 8.78 Å². The van der Waals surface area contributed by atoms with E-state index in [0.29, 0.717) is 16.7 Å². The van der Waals surface area contributed by atoms with E-state index >= 15 is 0 Å². The molecule has 0 atom stereocenters. The first kappa shape index (κ1) is 11.2. The second-order valence-electron chi connectivity index (χ2n) is 4.34. The van der Waals surface area contributed by atoms with E-state index in [-0.39, 0.29) is 13.1 Å². The zero-order valence-electron chi connectivity index (χ0n) is 9.44. The molecule has 0 unspecified atom stereocenters. The Bertz CT molecular complexity index is 595. The number of hydrogen-bond acceptors (Lipinski definition) is 4. The maximum atomic E-state index is 12.8. The number of nitrogens with two attached hydrogens (primary N) is 1. The number of pyridine rings is 1. The van der Waals surface area contributed by atoms with Crippen molar-refractivity contribution >= 4 is 16.6 Å². The molecule has 1 aliphatic heterocycles. The molecule has 2 N–H and O–H groups in total. The van der Waals surface area contributed by atoms with Crippen LogP contribution in [0.1, 0.15) is 0 Å². The van der Waals surface area contributed by atoms with Crippen LogP contribution in [0.4, 0.5) is 14.5 Å². The van der Waals surface area contributed by atoms with Crippen molar-refractivity contribution in [3.63, 3.8) is 0 Å². The Labute approximate surface area is 102 Å². The van der Waals surface area contributed by atoms with E-state index in [0.717, 1.165) is 5.69 Å². The summed E-state index contributed by atoms with van der Waals surface area (Å²) in [4.78, 5) is 10.5. The predicted octanol–water partition coefficient (Wildman–Crippen LogP) is 1.94. The summed E-state index contributed by atoms with van der Waals surface area (Å²) in [6.45, 7) is -0.505. The van der Waals surface area contributed by atoms with Crippen molar-refractivity contribution in [3.8, 4) is 5.75 Å². The largest absolute Gasteiger partial charge is 0.411 e. The number of halogens is 2. The van der Waals surface area contributed by atoms with Crippen LogP contribution in [0, 0.1) is 0 Å². The third-order valence-electron chi connectivity index (χ3n) is 3.02. The second-order valence-corrected chi connectivity index (χ2v) is 4.34. The van der Waals surface area contributed by atoms with Crippen molar-refractivity contribution < 1.29 is 13.6 Å². The van der Waals surface area contributed by atoms with Crippen LogP contribution in [0.5, 0.6) is 5.75 Å². The van der Waals surface area contributed by atoms with Crippen molar-refractivity contribution in [1.29, 1.82) is 0 Å². The van der Waals surface area contributed by atoms with Crippen molar-refractivity contribution in [2.24, 2.45) is 5.90 Å². The highest BCUT2D eigenvalue weighted by molar-refractivity contribution is 5.88. The molecule has 1 fully saturated rings. The first-order valence-electron chi connectivity index (χ1n) is 5.47. The Morgan fingerprint density at radius 2 is 2.06 bits per heavy atom. The summed E-state index contributed by atoms with van der Waals surface area (Å²) < 4.78 is 25.7. The van der Waals surface area contributed by atoms with Crippen molar-refractivity contribution in [3.05, 3.63) is 30.5 Å². The molecule has 6 heteroatoms. The Hall–Kier alpha value is -1.95. The first-order chi connectivity index (χ1) is 8.59. The van der Waals surface area contributed by atoms with Crippen LogP contribution in [0.15, 0.2) is 30.5 Å². The average molecular weight is 251 g/mol. The number of fused-ring (bicyclic) bond motifs is 1. The van der Waals surface area contributed by atoms with Gasteiger partial charge in [0.25, 0.3) is 5.92 Å². The molecule has 1 aromatic heterocycles. The SMILES string of the molecule is NOc1ccnc2ccc(N3CC(F)(F)C3)cc12. The van der Waals surface area contributed by atoms with E-state index < -0.39 is 5.92 Å². The number of nitrogens with zero attached hydrogens (tertiary/aromatic N) is 2. The van der Waals surface area contributed by atoms with Gasteiger partial charge in [-0.1, -0.05) is 0 Å². The molecule has 0 spiro atoms. The van der Waals surface area contributed by atoms with E-state index in [1.54, 1.807) is 35.4 Å². The van der Waals surface area contributed by atoms with Crippen LogP contribution in [-0.2, 0) is 0 Å². The van der Waals surface area contributed by atoms with E-state index in [1.807, 2.05) is 0 Å². The van der Waals surface area contributed by atoms with Gasteiger partial charge >= 0.3 is 0 Å². The molecule has 1 aliphatic rings. The molecule has 2 aromatic rings. The predicted molar refractivity (Wildman–Crippen MR) is 63.7 cm³/mol. The van der Waals surface area contributed by atoms with Gasteiger partial charge in [-0.15, -0.1) is 0 Å². The highest BCUT2D eigenvalue weighted by atomic mass is 19.3. The van der Waals surface area contributed by atoms with Gasteiger partial charge in [-0.25, -0.2) is 8.78 Å². The third kappa shape index (κ3) is 1.74. The van der Waals surface area contributed by atoms with Crippen molar-refractivity contribution in [1.82, 2.24) is 4.98 Å². The third-order valence-corrected chi connectivity index (χ3v) is 3.02. The van der Waals surface area contributed by atoms with Gasteiger partial charge < -0.3 is 9.74 Å². The van der Waals surface area contributed by atoms with Crippen LogP contribution >= 0.6 is 0 Å². The van der Waals surface area contributed by atoms with Crippen LogP contribution in [0.2, 0.25) is 0 Å². The Kier molecular flexibility index (Phi) is 2.34. The summed E-state index contributed by atoms with van der Waals surface area (Å²) in [6.07, 6.45) is 1.59. The highest BCUT2D eigenvalue weighted by Crippen LogP contribution is 2.34. The van der Waals surface area contributed by atoms with Crippen molar-refractivity contribution in [2.45, 2.75) is 5.92 Å². The fourth-order valence-corrected chi connectivity index (χ4v) is 2.10. The highest BCUT2D eigenvalue weighted by Gasteiger charge is 2.43. The number of rotatable bonds is 2. The molecule has 1 aromatic carbocycles. The molecule has 0 bridgehead atoms. The number of hydrogen-bond donors (Lipinski definition) is 1. The number of benzene rings is 1. The van der Waals surface area contributed by atoms with Gasteiger partial charge in [-0.3, -0.25) is 4.98 Å². The second kappa shape index (κ2) is 3.78.